The normalized spacial score (nSPS) is 13.6. The van der Waals surface area contributed by atoms with E-state index in [-0.39, 0.29) is 37.9 Å². The molecule has 2 aromatic carbocycles. The molecule has 0 aliphatic rings. The van der Waals surface area contributed by atoms with Gasteiger partial charge in [-0.2, -0.15) is 0 Å². The van der Waals surface area contributed by atoms with Crippen LogP contribution in [0.4, 0.5) is 0 Å². The van der Waals surface area contributed by atoms with Crippen molar-refractivity contribution >= 4 is 29.6 Å². The third-order valence-corrected chi connectivity index (χ3v) is 6.56. The van der Waals surface area contributed by atoms with Crippen molar-refractivity contribution < 1.29 is 34.2 Å². The van der Waals surface area contributed by atoms with Gasteiger partial charge in [0.1, 0.15) is 23.9 Å². The third-order valence-electron chi connectivity index (χ3n) is 6.56. The molecule has 3 rings (SSSR count). The molecule has 0 saturated heterocycles. The quantitative estimate of drug-likeness (QED) is 0.104. The highest BCUT2D eigenvalue weighted by Gasteiger charge is 2.31. The van der Waals surface area contributed by atoms with Gasteiger partial charge in [-0.3, -0.25) is 19.2 Å². The Hall–Kier alpha value is -5.24. The predicted molar refractivity (Wildman–Crippen MR) is 154 cm³/mol. The van der Waals surface area contributed by atoms with E-state index < -0.39 is 53.8 Å². The summed E-state index contributed by atoms with van der Waals surface area (Å²) < 4.78 is 0. The van der Waals surface area contributed by atoms with E-state index >= 15 is 0 Å². The highest BCUT2D eigenvalue weighted by molar-refractivity contribution is 5.94. The first-order chi connectivity index (χ1) is 20.5. The molecule has 43 heavy (non-hydrogen) atoms. The fourth-order valence-corrected chi connectivity index (χ4v) is 4.20. The van der Waals surface area contributed by atoms with E-state index in [1.54, 1.807) is 42.5 Å². The summed E-state index contributed by atoms with van der Waals surface area (Å²) in [5, 5.41) is 27.1. The van der Waals surface area contributed by atoms with Crippen LogP contribution in [0.25, 0.3) is 0 Å². The molecular formula is C29H35N7O7. The zero-order valence-corrected chi connectivity index (χ0v) is 23.2. The van der Waals surface area contributed by atoms with Crippen LogP contribution < -0.4 is 27.4 Å². The molecule has 14 nitrogen and oxygen atoms in total. The zero-order chi connectivity index (χ0) is 31.4. The number of carboxylic acid groups (broad SMARTS) is 1. The molecule has 1 heterocycles. The predicted octanol–water partition coefficient (Wildman–Crippen LogP) is -0.725. The van der Waals surface area contributed by atoms with Crippen LogP contribution in [-0.2, 0) is 43.2 Å². The van der Waals surface area contributed by atoms with Gasteiger partial charge in [0.25, 0.3) is 0 Å². The summed E-state index contributed by atoms with van der Waals surface area (Å²) in [7, 11) is 0. The summed E-state index contributed by atoms with van der Waals surface area (Å²) >= 11 is 0. The number of phenolic OH excluding ortho intramolecular Hbond substituents is 1. The molecule has 228 valence electrons. The molecule has 0 fully saturated rings. The average Bonchev–Trinajstić information content (AvgIpc) is 3.49. The van der Waals surface area contributed by atoms with Crippen molar-refractivity contribution in [3.8, 4) is 5.75 Å². The Morgan fingerprint density at radius 3 is 1.93 bits per heavy atom. The van der Waals surface area contributed by atoms with Gasteiger partial charge in [0.05, 0.1) is 12.4 Å². The maximum absolute atomic E-state index is 13.6. The molecule has 0 aliphatic carbocycles. The second-order valence-electron chi connectivity index (χ2n) is 9.97. The lowest BCUT2D eigenvalue weighted by atomic mass is 10.0. The number of H-pyrrole nitrogens is 1. The Balaban J connectivity index is 1.82. The Morgan fingerprint density at radius 1 is 0.791 bits per heavy atom. The second kappa shape index (κ2) is 15.7. The SMILES string of the molecule is NC(=O)CCC(N)C(=O)NC(Cc1cnc[nH]1)C(=O)NC(Cc1ccc(O)cc1)C(=O)NC(Cc1ccccc1)C(=O)O. The van der Waals surface area contributed by atoms with E-state index in [0.717, 1.165) is 0 Å². The lowest BCUT2D eigenvalue weighted by molar-refractivity contribution is -0.142. The number of nitrogens with one attached hydrogen (secondary N) is 4. The van der Waals surface area contributed by atoms with Gasteiger partial charge in [-0.15, -0.1) is 0 Å². The maximum atomic E-state index is 13.6. The highest BCUT2D eigenvalue weighted by Crippen LogP contribution is 2.13. The number of nitrogens with zero attached hydrogens (tertiary/aromatic N) is 1. The van der Waals surface area contributed by atoms with Gasteiger partial charge in [0, 0.05) is 37.6 Å². The fourth-order valence-electron chi connectivity index (χ4n) is 4.20. The number of carbonyl (C=O) groups is 5. The average molecular weight is 594 g/mol. The van der Waals surface area contributed by atoms with Gasteiger partial charge in [-0.25, -0.2) is 9.78 Å². The van der Waals surface area contributed by atoms with Crippen LogP contribution in [-0.4, -0.2) is 73.9 Å². The molecule has 0 spiro atoms. The number of aliphatic carboxylic acids is 1. The number of amides is 4. The van der Waals surface area contributed by atoms with Crippen molar-refractivity contribution in [2.75, 3.05) is 0 Å². The molecule has 10 N–H and O–H groups in total. The number of rotatable bonds is 16. The Morgan fingerprint density at radius 2 is 1.35 bits per heavy atom. The van der Waals surface area contributed by atoms with E-state index in [2.05, 4.69) is 25.9 Å². The van der Waals surface area contributed by atoms with Gasteiger partial charge in [-0.05, 0) is 29.7 Å². The van der Waals surface area contributed by atoms with Gasteiger partial charge in [0.2, 0.25) is 23.6 Å². The van der Waals surface area contributed by atoms with E-state index in [4.69, 9.17) is 11.5 Å². The number of aromatic amines is 1. The first-order valence-corrected chi connectivity index (χ1v) is 13.5. The van der Waals surface area contributed by atoms with Crippen LogP contribution in [0.15, 0.2) is 67.1 Å². The minimum absolute atomic E-state index is 0.00222. The smallest absolute Gasteiger partial charge is 0.326 e. The topological polar surface area (TPSA) is 243 Å². The Kier molecular flexibility index (Phi) is 11.8. The third kappa shape index (κ3) is 10.6. The van der Waals surface area contributed by atoms with Crippen molar-refractivity contribution in [3.63, 3.8) is 0 Å². The first kappa shape index (κ1) is 32.3. The molecule has 0 radical (unpaired) electrons. The van der Waals surface area contributed by atoms with Crippen LogP contribution in [0.1, 0.15) is 29.7 Å². The van der Waals surface area contributed by atoms with Gasteiger partial charge >= 0.3 is 5.97 Å². The van der Waals surface area contributed by atoms with Crippen molar-refractivity contribution in [2.24, 2.45) is 11.5 Å². The van der Waals surface area contributed by atoms with Crippen molar-refractivity contribution in [3.05, 3.63) is 83.9 Å². The molecule has 0 bridgehead atoms. The summed E-state index contributed by atoms with van der Waals surface area (Å²) in [4.78, 5) is 69.7. The van der Waals surface area contributed by atoms with Gasteiger partial charge < -0.3 is 42.6 Å². The van der Waals surface area contributed by atoms with Crippen molar-refractivity contribution in [1.82, 2.24) is 25.9 Å². The minimum Gasteiger partial charge on any atom is -0.508 e. The van der Waals surface area contributed by atoms with Crippen LogP contribution in [0, 0.1) is 0 Å². The number of carboxylic acids is 1. The summed E-state index contributed by atoms with van der Waals surface area (Å²) in [6.45, 7) is 0. The maximum Gasteiger partial charge on any atom is 0.326 e. The molecule has 14 heteroatoms. The lowest BCUT2D eigenvalue weighted by Gasteiger charge is -2.25. The van der Waals surface area contributed by atoms with E-state index in [0.29, 0.717) is 16.8 Å². The van der Waals surface area contributed by atoms with Crippen molar-refractivity contribution in [2.45, 2.75) is 56.3 Å². The summed E-state index contributed by atoms with van der Waals surface area (Å²) in [6.07, 6.45) is 2.59. The van der Waals surface area contributed by atoms with Crippen molar-refractivity contribution in [1.29, 1.82) is 0 Å². The monoisotopic (exact) mass is 593 g/mol. The van der Waals surface area contributed by atoms with E-state index in [9.17, 15) is 34.2 Å². The van der Waals surface area contributed by atoms with Crippen LogP contribution in [0.5, 0.6) is 5.75 Å². The number of benzene rings is 2. The first-order valence-electron chi connectivity index (χ1n) is 13.5. The number of hydrogen-bond acceptors (Lipinski definition) is 8. The molecular weight excluding hydrogens is 558 g/mol. The molecule has 3 aromatic rings. The lowest BCUT2D eigenvalue weighted by Crippen LogP contribution is -2.58. The summed E-state index contributed by atoms with van der Waals surface area (Å²) in [5.74, 6) is -4.13. The number of primary amides is 1. The van der Waals surface area contributed by atoms with E-state index in [1.165, 1.54) is 24.7 Å². The number of aromatic nitrogens is 2. The molecule has 0 saturated carbocycles. The number of aromatic hydroxyl groups is 1. The van der Waals surface area contributed by atoms with Gasteiger partial charge in [-0.1, -0.05) is 42.5 Å². The largest absolute Gasteiger partial charge is 0.508 e. The second-order valence-corrected chi connectivity index (χ2v) is 9.97. The molecule has 0 aliphatic heterocycles. The Labute approximate surface area is 247 Å². The fraction of sp³-hybridized carbons (Fsp3) is 0.310. The zero-order valence-electron chi connectivity index (χ0n) is 23.2. The number of phenols is 1. The summed E-state index contributed by atoms with van der Waals surface area (Å²) in [5.41, 5.74) is 12.8. The van der Waals surface area contributed by atoms with E-state index in [1.807, 2.05) is 0 Å². The number of hydrogen-bond donors (Lipinski definition) is 8. The standard InChI is InChI=1S/C29H35N7O7/c30-21(10-11-25(31)38)26(39)34-23(14-19-15-32-16-33-19)28(41)35-22(12-18-6-8-20(37)9-7-18)27(40)36-24(29(42)43)13-17-4-2-1-3-5-17/h1-9,15-16,21-24,37H,10-14,30H2,(H2,31,38)(H,32,33)(H,34,39)(H,35,41)(H,36,40)(H,42,43). The number of nitrogens with two attached hydrogens (primary N) is 2. The highest BCUT2D eigenvalue weighted by atomic mass is 16.4. The molecule has 1 aromatic heterocycles. The number of carbonyl (C=O) groups excluding carboxylic acids is 4. The summed E-state index contributed by atoms with van der Waals surface area (Å²) in [6, 6.07) is 9.77. The molecule has 4 amide bonds. The molecule has 4 unspecified atom stereocenters. The van der Waals surface area contributed by atoms with Gasteiger partial charge in [0.15, 0.2) is 0 Å². The Bertz CT molecular complexity index is 1380. The number of imidazole rings is 1. The van der Waals surface area contributed by atoms with Crippen LogP contribution >= 0.6 is 0 Å². The van der Waals surface area contributed by atoms with Crippen LogP contribution in [0.2, 0.25) is 0 Å². The molecule has 4 atom stereocenters. The minimum atomic E-state index is -1.29. The van der Waals surface area contributed by atoms with Crippen LogP contribution in [0.3, 0.4) is 0 Å².